The standard InChI is InChI=1S/C18H16FN3O2/c19-15-9-5-4-8-14(15)17(23)11-21-18(24)16-10-20-12-22(16)13-6-2-1-3-7-13/h1-10,12,17,23H,11H2,(H,21,24). The lowest BCUT2D eigenvalue weighted by atomic mass is 10.1. The third kappa shape index (κ3) is 3.33. The molecule has 0 spiro atoms. The average molecular weight is 325 g/mol. The van der Waals surface area contributed by atoms with E-state index in [1.54, 1.807) is 16.7 Å². The van der Waals surface area contributed by atoms with Crippen LogP contribution in [0, 0.1) is 5.82 Å². The second kappa shape index (κ2) is 7.06. The van der Waals surface area contributed by atoms with Gasteiger partial charge < -0.3 is 10.4 Å². The smallest absolute Gasteiger partial charge is 0.270 e. The number of halogens is 1. The van der Waals surface area contributed by atoms with E-state index in [4.69, 9.17) is 0 Å². The van der Waals surface area contributed by atoms with Crippen molar-refractivity contribution in [1.29, 1.82) is 0 Å². The number of nitrogens with one attached hydrogen (secondary N) is 1. The van der Waals surface area contributed by atoms with Gasteiger partial charge in [-0.2, -0.15) is 0 Å². The van der Waals surface area contributed by atoms with E-state index in [9.17, 15) is 14.3 Å². The number of rotatable bonds is 5. The first-order valence-electron chi connectivity index (χ1n) is 7.45. The van der Waals surface area contributed by atoms with E-state index in [1.807, 2.05) is 30.3 Å². The predicted octanol–water partition coefficient (Wildman–Crippen LogP) is 2.47. The van der Waals surface area contributed by atoms with Gasteiger partial charge in [-0.1, -0.05) is 36.4 Å². The van der Waals surface area contributed by atoms with Gasteiger partial charge in [0.15, 0.2) is 0 Å². The molecule has 0 fully saturated rings. The first-order valence-corrected chi connectivity index (χ1v) is 7.45. The molecule has 0 radical (unpaired) electrons. The number of nitrogens with zero attached hydrogens (tertiary/aromatic N) is 2. The predicted molar refractivity (Wildman–Crippen MR) is 87.3 cm³/mol. The lowest BCUT2D eigenvalue weighted by Crippen LogP contribution is -2.30. The molecule has 0 saturated heterocycles. The minimum Gasteiger partial charge on any atom is -0.386 e. The number of aromatic nitrogens is 2. The van der Waals surface area contributed by atoms with Crippen LogP contribution in [0.4, 0.5) is 4.39 Å². The maximum Gasteiger partial charge on any atom is 0.270 e. The maximum absolute atomic E-state index is 13.6. The Morgan fingerprint density at radius 2 is 1.88 bits per heavy atom. The van der Waals surface area contributed by atoms with Crippen molar-refractivity contribution in [3.05, 3.63) is 84.2 Å². The van der Waals surface area contributed by atoms with Gasteiger partial charge in [0.25, 0.3) is 5.91 Å². The van der Waals surface area contributed by atoms with Crippen molar-refractivity contribution in [2.75, 3.05) is 6.54 Å². The van der Waals surface area contributed by atoms with Crippen LogP contribution in [0.5, 0.6) is 0 Å². The second-order valence-electron chi connectivity index (χ2n) is 5.23. The fraction of sp³-hybridized carbons (Fsp3) is 0.111. The zero-order valence-electron chi connectivity index (χ0n) is 12.8. The lowest BCUT2D eigenvalue weighted by Gasteiger charge is -2.13. The van der Waals surface area contributed by atoms with Gasteiger partial charge >= 0.3 is 0 Å². The maximum atomic E-state index is 13.6. The molecule has 0 saturated carbocycles. The quantitative estimate of drug-likeness (QED) is 0.757. The summed E-state index contributed by atoms with van der Waals surface area (Å²) in [4.78, 5) is 16.3. The van der Waals surface area contributed by atoms with E-state index < -0.39 is 17.8 Å². The number of carbonyl (C=O) groups is 1. The van der Waals surface area contributed by atoms with Gasteiger partial charge in [0, 0.05) is 17.8 Å². The van der Waals surface area contributed by atoms with E-state index in [0.717, 1.165) is 5.69 Å². The summed E-state index contributed by atoms with van der Waals surface area (Å²) in [5.74, 6) is -0.902. The molecule has 1 unspecified atom stereocenters. The van der Waals surface area contributed by atoms with Crippen molar-refractivity contribution >= 4 is 5.91 Å². The Bertz CT molecular complexity index is 833. The van der Waals surface area contributed by atoms with Gasteiger partial charge in [-0.05, 0) is 18.2 Å². The first kappa shape index (κ1) is 15.9. The number of benzene rings is 2. The molecule has 2 N–H and O–H groups in total. The highest BCUT2D eigenvalue weighted by atomic mass is 19.1. The van der Waals surface area contributed by atoms with Crippen molar-refractivity contribution in [2.24, 2.45) is 0 Å². The van der Waals surface area contributed by atoms with E-state index in [0.29, 0.717) is 5.69 Å². The van der Waals surface area contributed by atoms with Crippen LogP contribution in [0.15, 0.2) is 67.1 Å². The molecule has 1 amide bonds. The Kier molecular flexibility index (Phi) is 4.67. The van der Waals surface area contributed by atoms with E-state index in [1.165, 1.54) is 24.7 Å². The molecule has 0 aliphatic heterocycles. The van der Waals surface area contributed by atoms with Crippen LogP contribution in [0.1, 0.15) is 22.2 Å². The molecule has 122 valence electrons. The number of imidazole rings is 1. The number of para-hydroxylation sites is 1. The van der Waals surface area contributed by atoms with Gasteiger partial charge in [-0.25, -0.2) is 9.37 Å². The molecule has 1 atom stereocenters. The SMILES string of the molecule is O=C(NCC(O)c1ccccc1F)c1cncn1-c1ccccc1. The lowest BCUT2D eigenvalue weighted by molar-refractivity contribution is 0.0907. The van der Waals surface area contributed by atoms with Crippen molar-refractivity contribution in [1.82, 2.24) is 14.9 Å². The highest BCUT2D eigenvalue weighted by Gasteiger charge is 2.16. The number of aliphatic hydroxyl groups excluding tert-OH is 1. The summed E-state index contributed by atoms with van der Waals surface area (Å²) >= 11 is 0. The minimum atomic E-state index is -1.12. The number of carbonyl (C=O) groups excluding carboxylic acids is 1. The van der Waals surface area contributed by atoms with Gasteiger partial charge in [0.2, 0.25) is 0 Å². The number of amides is 1. The van der Waals surface area contributed by atoms with Crippen LogP contribution in [-0.4, -0.2) is 27.1 Å². The zero-order valence-corrected chi connectivity index (χ0v) is 12.8. The van der Waals surface area contributed by atoms with Crippen molar-refractivity contribution < 1.29 is 14.3 Å². The van der Waals surface area contributed by atoms with Gasteiger partial charge in [0.1, 0.15) is 11.5 Å². The molecule has 0 aliphatic rings. The molecule has 1 aromatic heterocycles. The second-order valence-corrected chi connectivity index (χ2v) is 5.23. The zero-order chi connectivity index (χ0) is 16.9. The van der Waals surface area contributed by atoms with Gasteiger partial charge in [-0.15, -0.1) is 0 Å². The number of hydrogen-bond acceptors (Lipinski definition) is 3. The van der Waals surface area contributed by atoms with E-state index in [-0.39, 0.29) is 12.1 Å². The van der Waals surface area contributed by atoms with Crippen LogP contribution in [0.3, 0.4) is 0 Å². The third-order valence-corrected chi connectivity index (χ3v) is 3.63. The molecular formula is C18H16FN3O2. The molecule has 0 aliphatic carbocycles. The Balaban J connectivity index is 1.71. The average Bonchev–Trinajstić information content (AvgIpc) is 3.10. The summed E-state index contributed by atoms with van der Waals surface area (Å²) in [6, 6.07) is 15.2. The molecular weight excluding hydrogens is 309 g/mol. The summed E-state index contributed by atoms with van der Waals surface area (Å²) in [5, 5.41) is 12.7. The van der Waals surface area contributed by atoms with Crippen LogP contribution in [0.25, 0.3) is 5.69 Å². The van der Waals surface area contributed by atoms with Crippen molar-refractivity contribution in [3.63, 3.8) is 0 Å². The molecule has 0 bridgehead atoms. The van der Waals surface area contributed by atoms with Crippen molar-refractivity contribution in [3.8, 4) is 5.69 Å². The van der Waals surface area contributed by atoms with Gasteiger partial charge in [0.05, 0.1) is 18.6 Å². The monoisotopic (exact) mass is 325 g/mol. The molecule has 24 heavy (non-hydrogen) atoms. The topological polar surface area (TPSA) is 67.2 Å². The summed E-state index contributed by atoms with van der Waals surface area (Å²) in [7, 11) is 0. The molecule has 2 aromatic carbocycles. The van der Waals surface area contributed by atoms with Crippen LogP contribution in [0.2, 0.25) is 0 Å². The highest BCUT2D eigenvalue weighted by molar-refractivity contribution is 5.93. The normalized spacial score (nSPS) is 11.9. The third-order valence-electron chi connectivity index (χ3n) is 3.63. The largest absolute Gasteiger partial charge is 0.386 e. The number of aliphatic hydroxyl groups is 1. The number of hydrogen-bond donors (Lipinski definition) is 2. The van der Waals surface area contributed by atoms with Crippen LogP contribution in [-0.2, 0) is 0 Å². The molecule has 1 heterocycles. The Morgan fingerprint density at radius 1 is 1.17 bits per heavy atom. The molecule has 3 aromatic rings. The molecule has 5 nitrogen and oxygen atoms in total. The van der Waals surface area contributed by atoms with Crippen molar-refractivity contribution in [2.45, 2.75) is 6.10 Å². The summed E-state index contributed by atoms with van der Waals surface area (Å²) in [6.07, 6.45) is 1.86. The first-order chi connectivity index (χ1) is 11.7. The van der Waals surface area contributed by atoms with E-state index in [2.05, 4.69) is 10.3 Å². The molecule has 6 heteroatoms. The fourth-order valence-electron chi connectivity index (χ4n) is 2.39. The minimum absolute atomic E-state index is 0.0975. The van der Waals surface area contributed by atoms with Crippen LogP contribution >= 0.6 is 0 Å². The van der Waals surface area contributed by atoms with E-state index >= 15 is 0 Å². The highest BCUT2D eigenvalue weighted by Crippen LogP contribution is 2.16. The van der Waals surface area contributed by atoms with Crippen LogP contribution < -0.4 is 5.32 Å². The van der Waals surface area contributed by atoms with Gasteiger partial charge in [-0.3, -0.25) is 9.36 Å². The fourth-order valence-corrected chi connectivity index (χ4v) is 2.39. The summed E-state index contributed by atoms with van der Waals surface area (Å²) in [5.41, 5.74) is 1.28. The summed E-state index contributed by atoms with van der Waals surface area (Å²) in [6.45, 7) is -0.0975. The Morgan fingerprint density at radius 3 is 2.62 bits per heavy atom. The molecule has 3 rings (SSSR count). The Labute approximate surface area is 138 Å². The Hall–Kier alpha value is -2.99. The summed E-state index contributed by atoms with van der Waals surface area (Å²) < 4.78 is 15.3.